The summed E-state index contributed by atoms with van der Waals surface area (Å²) in [5.41, 5.74) is 0.0133. The number of carbonyl (C=O) groups excluding carboxylic acids is 2. The van der Waals surface area contributed by atoms with Crippen LogP contribution in [0.25, 0.3) is 5.76 Å². The number of aromatic nitrogens is 1. The molecule has 9 nitrogen and oxygen atoms in total. The number of aliphatic hydroxyl groups excluding tert-OH is 1. The Morgan fingerprint density at radius 3 is 2.35 bits per heavy atom. The third-order valence-electron chi connectivity index (χ3n) is 4.84. The van der Waals surface area contributed by atoms with Crippen molar-refractivity contribution in [3.05, 3.63) is 93.0 Å². The highest BCUT2D eigenvalue weighted by Gasteiger charge is 2.48. The minimum atomic E-state index is -1.13. The molecule has 3 aromatic rings. The first-order valence-electron chi connectivity index (χ1n) is 9.02. The SMILES string of the molecule is Cc1cc(N2C(=O)C(=O)C(=C(O)c3ccc(F)cc3)[C@@H]2c2ccc([N+](=O)[O-])cc2)no1. The molecule has 10 heteroatoms. The van der Waals surface area contributed by atoms with E-state index in [0.29, 0.717) is 11.3 Å². The summed E-state index contributed by atoms with van der Waals surface area (Å²) in [5.74, 6) is -2.56. The fraction of sp³-hybridized carbons (Fsp3) is 0.0952. The third-order valence-corrected chi connectivity index (χ3v) is 4.84. The predicted molar refractivity (Wildman–Crippen MR) is 106 cm³/mol. The Bertz CT molecular complexity index is 1230. The standard InChI is InChI=1S/C21H14FN3O6/c1-11-10-16(23-31-11)24-18(12-4-8-15(9-5-12)25(29)30)17(20(27)21(24)28)19(26)13-2-6-14(22)7-3-13/h2-10,18,26H,1H3/t18-/m0/s1. The maximum absolute atomic E-state index is 13.3. The number of Topliss-reactive ketones (excluding diaryl/α,β-unsaturated/α-hetero) is 1. The second-order valence-corrected chi connectivity index (χ2v) is 6.82. The number of nitro groups is 1. The van der Waals surface area contributed by atoms with Crippen molar-refractivity contribution in [3.8, 4) is 0 Å². The lowest BCUT2D eigenvalue weighted by Gasteiger charge is -2.22. The van der Waals surface area contributed by atoms with Crippen LogP contribution in [0.2, 0.25) is 0 Å². The van der Waals surface area contributed by atoms with Gasteiger partial charge >= 0.3 is 5.91 Å². The number of carbonyl (C=O) groups is 2. The molecule has 1 aliphatic rings. The Kier molecular flexibility index (Phi) is 4.82. The zero-order valence-corrected chi connectivity index (χ0v) is 16.0. The number of halogens is 1. The molecule has 2 heterocycles. The quantitative estimate of drug-likeness (QED) is 0.223. The van der Waals surface area contributed by atoms with Crippen LogP contribution in [0.1, 0.15) is 22.9 Å². The van der Waals surface area contributed by atoms with Crippen molar-refractivity contribution in [2.45, 2.75) is 13.0 Å². The fourth-order valence-electron chi connectivity index (χ4n) is 3.39. The summed E-state index contributed by atoms with van der Waals surface area (Å²) < 4.78 is 18.3. The predicted octanol–water partition coefficient (Wildman–Crippen LogP) is 3.66. The van der Waals surface area contributed by atoms with Gasteiger partial charge in [0.25, 0.3) is 11.5 Å². The van der Waals surface area contributed by atoms with E-state index in [1.165, 1.54) is 42.5 Å². The van der Waals surface area contributed by atoms with Gasteiger partial charge in [0, 0.05) is 23.8 Å². The van der Waals surface area contributed by atoms with Crippen molar-refractivity contribution in [1.82, 2.24) is 5.16 Å². The molecule has 0 bridgehead atoms. The molecule has 1 N–H and O–H groups in total. The molecule has 1 saturated heterocycles. The van der Waals surface area contributed by atoms with E-state index in [9.17, 15) is 29.2 Å². The monoisotopic (exact) mass is 423 g/mol. The lowest BCUT2D eigenvalue weighted by atomic mass is 9.95. The van der Waals surface area contributed by atoms with Crippen molar-refractivity contribution in [2.24, 2.45) is 0 Å². The number of non-ortho nitro benzene ring substituents is 1. The molecule has 0 aliphatic carbocycles. The number of hydrogen-bond donors (Lipinski definition) is 1. The number of hydrogen-bond acceptors (Lipinski definition) is 7. The number of rotatable bonds is 4. The van der Waals surface area contributed by atoms with Crippen molar-refractivity contribution in [1.29, 1.82) is 0 Å². The third kappa shape index (κ3) is 3.44. The van der Waals surface area contributed by atoms with E-state index < -0.39 is 34.2 Å². The molecule has 0 radical (unpaired) electrons. The molecule has 156 valence electrons. The molecule has 1 aliphatic heterocycles. The number of nitrogens with zero attached hydrogens (tertiary/aromatic N) is 3. The van der Waals surface area contributed by atoms with Crippen molar-refractivity contribution >= 4 is 29.0 Å². The summed E-state index contributed by atoms with van der Waals surface area (Å²) in [6.45, 7) is 1.60. The van der Waals surface area contributed by atoms with Gasteiger partial charge in [-0.2, -0.15) is 0 Å². The van der Waals surface area contributed by atoms with Gasteiger partial charge in [-0.15, -0.1) is 0 Å². The lowest BCUT2D eigenvalue weighted by molar-refractivity contribution is -0.384. The molecule has 1 aromatic heterocycles. The molecule has 2 aromatic carbocycles. The van der Waals surface area contributed by atoms with E-state index >= 15 is 0 Å². The second kappa shape index (κ2) is 7.48. The van der Waals surface area contributed by atoms with Gasteiger partial charge in [0.1, 0.15) is 17.3 Å². The maximum Gasteiger partial charge on any atom is 0.301 e. The van der Waals surface area contributed by atoms with Gasteiger partial charge in [-0.3, -0.25) is 24.6 Å². The van der Waals surface area contributed by atoms with E-state index in [0.717, 1.165) is 17.0 Å². The average molecular weight is 423 g/mol. The Morgan fingerprint density at radius 2 is 1.81 bits per heavy atom. The van der Waals surface area contributed by atoms with Gasteiger partial charge in [0.15, 0.2) is 5.82 Å². The van der Waals surface area contributed by atoms with E-state index in [2.05, 4.69) is 5.16 Å². The van der Waals surface area contributed by atoms with Crippen LogP contribution in [0, 0.1) is 22.9 Å². The van der Waals surface area contributed by atoms with Crippen molar-refractivity contribution < 1.29 is 28.5 Å². The Labute approximate surface area is 174 Å². The number of anilines is 1. The first-order valence-corrected chi connectivity index (χ1v) is 9.02. The number of nitro benzene ring substituents is 1. The van der Waals surface area contributed by atoms with Crippen LogP contribution in [0.4, 0.5) is 15.9 Å². The lowest BCUT2D eigenvalue weighted by Crippen LogP contribution is -2.29. The first-order chi connectivity index (χ1) is 14.8. The number of aryl methyl sites for hydroxylation is 1. The van der Waals surface area contributed by atoms with Gasteiger partial charge in [-0.1, -0.05) is 5.16 Å². The second-order valence-electron chi connectivity index (χ2n) is 6.82. The molecular weight excluding hydrogens is 409 g/mol. The number of amides is 1. The smallest absolute Gasteiger partial charge is 0.301 e. The van der Waals surface area contributed by atoms with Crippen LogP contribution >= 0.6 is 0 Å². The molecule has 4 rings (SSSR count). The number of benzene rings is 2. The van der Waals surface area contributed by atoms with Crippen LogP contribution in [0.15, 0.2) is 64.7 Å². The maximum atomic E-state index is 13.3. The fourth-order valence-corrected chi connectivity index (χ4v) is 3.39. The molecule has 0 saturated carbocycles. The van der Waals surface area contributed by atoms with Crippen molar-refractivity contribution in [3.63, 3.8) is 0 Å². The highest BCUT2D eigenvalue weighted by atomic mass is 19.1. The molecule has 1 amide bonds. The van der Waals surface area contributed by atoms with Crippen LogP contribution in [0.5, 0.6) is 0 Å². The molecule has 1 fully saturated rings. The Hall–Kier alpha value is -4.34. The molecule has 0 spiro atoms. The molecule has 0 unspecified atom stereocenters. The van der Waals surface area contributed by atoms with Crippen LogP contribution < -0.4 is 4.90 Å². The molecular formula is C21H14FN3O6. The minimum absolute atomic E-state index is 0.0427. The van der Waals surface area contributed by atoms with Gasteiger partial charge in [-0.05, 0) is 48.9 Å². The summed E-state index contributed by atoms with van der Waals surface area (Å²) >= 11 is 0. The first kappa shape index (κ1) is 20.0. The van der Waals surface area contributed by atoms with E-state index in [1.54, 1.807) is 6.92 Å². The Balaban J connectivity index is 1.92. The average Bonchev–Trinajstić information content (AvgIpc) is 3.29. The summed E-state index contributed by atoms with van der Waals surface area (Å²) in [7, 11) is 0. The van der Waals surface area contributed by atoms with E-state index in [1.807, 2.05) is 0 Å². The topological polar surface area (TPSA) is 127 Å². The largest absolute Gasteiger partial charge is 0.507 e. The van der Waals surface area contributed by atoms with Crippen molar-refractivity contribution in [2.75, 3.05) is 4.90 Å². The normalized spacial score (nSPS) is 17.9. The number of aliphatic hydroxyl groups is 1. The Morgan fingerprint density at radius 1 is 1.16 bits per heavy atom. The summed E-state index contributed by atoms with van der Waals surface area (Å²) in [5, 5.41) is 25.6. The minimum Gasteiger partial charge on any atom is -0.507 e. The van der Waals surface area contributed by atoms with Crippen LogP contribution in [-0.2, 0) is 9.59 Å². The molecule has 1 atom stereocenters. The van der Waals surface area contributed by atoms with E-state index in [-0.39, 0.29) is 22.6 Å². The summed E-state index contributed by atoms with van der Waals surface area (Å²) in [4.78, 5) is 37.2. The van der Waals surface area contributed by atoms with Gasteiger partial charge < -0.3 is 9.63 Å². The zero-order valence-electron chi connectivity index (χ0n) is 16.0. The van der Waals surface area contributed by atoms with E-state index in [4.69, 9.17) is 4.52 Å². The van der Waals surface area contributed by atoms with Crippen LogP contribution in [-0.4, -0.2) is 26.9 Å². The number of ketones is 1. The summed E-state index contributed by atoms with van der Waals surface area (Å²) in [6, 6.07) is 10.3. The van der Waals surface area contributed by atoms with Gasteiger partial charge in [0.2, 0.25) is 0 Å². The highest BCUT2D eigenvalue weighted by molar-refractivity contribution is 6.51. The van der Waals surface area contributed by atoms with Gasteiger partial charge in [0.05, 0.1) is 16.5 Å². The van der Waals surface area contributed by atoms with Gasteiger partial charge in [-0.25, -0.2) is 4.39 Å². The summed E-state index contributed by atoms with van der Waals surface area (Å²) in [6.07, 6.45) is 0. The zero-order chi connectivity index (χ0) is 22.3. The molecule has 31 heavy (non-hydrogen) atoms. The highest BCUT2D eigenvalue weighted by Crippen LogP contribution is 2.42. The van der Waals surface area contributed by atoms with Crippen LogP contribution in [0.3, 0.4) is 0 Å².